The van der Waals surface area contributed by atoms with E-state index in [0.717, 1.165) is 94.3 Å². The van der Waals surface area contributed by atoms with E-state index in [0.29, 0.717) is 157 Å². The molecule has 2 aromatic carbocycles. The molecule has 0 bridgehead atoms. The van der Waals surface area contributed by atoms with Gasteiger partial charge in [0.2, 0.25) is 17.3 Å². The first-order chi connectivity index (χ1) is 45.8. The molecular weight excluding hydrogens is 1200 g/mol. The van der Waals surface area contributed by atoms with Crippen molar-refractivity contribution in [1.82, 2.24) is 9.97 Å². The molecule has 0 aliphatic rings. The van der Waals surface area contributed by atoms with Crippen LogP contribution in [0.25, 0.3) is 28.3 Å². The average Bonchev–Trinajstić information content (AvgIpc) is 1.47. The molecule has 0 saturated carbocycles. The number of allylic oxidation sites excluding steroid dienone is 1. The van der Waals surface area contributed by atoms with Gasteiger partial charge >= 0.3 is 7.47 Å². The summed E-state index contributed by atoms with van der Waals surface area (Å²) in [4.78, 5) is 21.1. The largest absolute Gasteiger partial charge is 0.796 e. The zero-order chi connectivity index (χ0) is 70.5. The highest BCUT2D eigenvalue weighted by Gasteiger charge is 2.26. The Balaban J connectivity index is 1.76. The van der Waals surface area contributed by atoms with Gasteiger partial charge in [0.05, 0.1) is 51.0 Å². The van der Waals surface area contributed by atoms with Crippen molar-refractivity contribution in [2.24, 2.45) is 71.0 Å². The number of carbonyl (C=O) groups is 1. The van der Waals surface area contributed by atoms with Gasteiger partial charge in [-0.25, -0.2) is 8.63 Å². The highest BCUT2D eigenvalue weighted by Crippen LogP contribution is 2.45. The van der Waals surface area contributed by atoms with Crippen LogP contribution in [-0.2, 0) is 4.65 Å². The van der Waals surface area contributed by atoms with E-state index in [9.17, 15) is 13.4 Å². The number of rotatable bonds is 55. The number of carbonyl (C=O) groups excluding carboxylic acids is 1. The number of aromatic amines is 2. The fourth-order valence-corrected chi connectivity index (χ4v) is 12.4. The first-order valence-electron chi connectivity index (χ1n) is 38.5. The highest BCUT2D eigenvalue weighted by atomic mass is 19.2. The number of aromatic nitrogens is 2. The molecule has 96 heavy (non-hydrogen) atoms. The van der Waals surface area contributed by atoms with Crippen LogP contribution in [0, 0.1) is 71.0 Å². The molecule has 0 aliphatic heterocycles. The summed E-state index contributed by atoms with van der Waals surface area (Å²) in [6.45, 7) is 44.1. The molecule has 0 fully saturated rings. The number of benzene rings is 2. The van der Waals surface area contributed by atoms with Crippen molar-refractivity contribution >= 4 is 19.0 Å². The second-order valence-corrected chi connectivity index (χ2v) is 31.8. The van der Waals surface area contributed by atoms with Crippen LogP contribution in [0.1, 0.15) is 295 Å². The van der Waals surface area contributed by atoms with Gasteiger partial charge < -0.3 is 43.0 Å². The summed E-state index contributed by atoms with van der Waals surface area (Å²) in [6, 6.07) is 14.8. The van der Waals surface area contributed by atoms with Gasteiger partial charge in [-0.1, -0.05) is 240 Å². The molecule has 0 aliphatic carbocycles. The molecule has 0 amide bonds. The van der Waals surface area contributed by atoms with Gasteiger partial charge in [-0.05, 0) is 158 Å². The predicted molar refractivity (Wildman–Crippen MR) is 402 cm³/mol. The van der Waals surface area contributed by atoms with Gasteiger partial charge in [-0.2, -0.15) is 0 Å². The van der Waals surface area contributed by atoms with E-state index in [1.807, 2.05) is 36.4 Å². The number of nitrogens with one attached hydrogen (secondary N) is 2. The molecule has 2 heterocycles. The Morgan fingerprint density at radius 2 is 0.604 bits per heavy atom. The summed E-state index contributed by atoms with van der Waals surface area (Å²) in [5.41, 5.74) is 3.10. The van der Waals surface area contributed by atoms with Gasteiger partial charge in [0.25, 0.3) is 0 Å². The molecular formula is C83H137BF2N2O8. The molecule has 2 N–H and O–H groups in total. The van der Waals surface area contributed by atoms with E-state index in [1.165, 1.54) is 77.0 Å². The van der Waals surface area contributed by atoms with Crippen molar-refractivity contribution in [1.29, 1.82) is 0 Å². The minimum Gasteiger partial charge on any atom is -0.503 e. The predicted octanol–water partition coefficient (Wildman–Crippen LogP) is 25.2. The lowest BCUT2D eigenvalue weighted by molar-refractivity contribution is 0.104. The lowest BCUT2D eigenvalue weighted by atomic mass is 9.97. The van der Waals surface area contributed by atoms with Crippen molar-refractivity contribution in [3.8, 4) is 57.0 Å². The van der Waals surface area contributed by atoms with Crippen LogP contribution in [0.2, 0.25) is 0 Å². The average molecular weight is 1340 g/mol. The van der Waals surface area contributed by atoms with Crippen LogP contribution in [0.3, 0.4) is 0 Å². The SMILES string of the molecule is CC(C)CCC[C@H](C)CCOc1cc(-c2ccc(C(=O)/C=C(\OB(F)F)c3ccc(-c4cc(OCC[C@@H](C)CCCC(C)C)c(OCC[C@@H](C)CCCC(C)C)c(OCC[C@@H](C)CCCC(C)C)c4)[nH]3)[nH]2)cc(OCC[C@@H](C)CCCC(C)C)c1OCC[C@@H](C)CCCC(C)C. The third-order valence-electron chi connectivity index (χ3n) is 19.1. The van der Waals surface area contributed by atoms with Crippen LogP contribution < -0.4 is 28.4 Å². The minimum absolute atomic E-state index is 0.196. The molecule has 4 rings (SSSR count). The van der Waals surface area contributed by atoms with Crippen LogP contribution in [0.5, 0.6) is 34.5 Å². The third-order valence-corrected chi connectivity index (χ3v) is 19.1. The summed E-state index contributed by atoms with van der Waals surface area (Å²) in [6.07, 6.45) is 27.6. The van der Waals surface area contributed by atoms with E-state index in [1.54, 1.807) is 12.1 Å². The quantitative estimate of drug-likeness (QED) is 0.0195. The van der Waals surface area contributed by atoms with Gasteiger partial charge in [0.15, 0.2) is 23.0 Å². The first-order valence-corrected chi connectivity index (χ1v) is 38.5. The molecule has 6 atom stereocenters. The maximum atomic E-state index is 14.6. The molecule has 4 aromatic rings. The number of hydrogen-bond donors (Lipinski definition) is 2. The first kappa shape index (κ1) is 83.4. The molecule has 2 aromatic heterocycles. The van der Waals surface area contributed by atoms with E-state index >= 15 is 0 Å². The maximum Gasteiger partial charge on any atom is 0.796 e. The Morgan fingerprint density at radius 1 is 0.354 bits per heavy atom. The molecule has 0 unspecified atom stereocenters. The van der Waals surface area contributed by atoms with Crippen molar-refractivity contribution in [3.63, 3.8) is 0 Å². The Bertz CT molecular complexity index is 2650. The van der Waals surface area contributed by atoms with E-state index in [4.69, 9.17) is 33.1 Å². The van der Waals surface area contributed by atoms with Crippen molar-refractivity contribution in [2.45, 2.75) is 279 Å². The molecule has 10 nitrogen and oxygen atoms in total. The summed E-state index contributed by atoms with van der Waals surface area (Å²) >= 11 is 0. The number of ketones is 1. The molecule has 544 valence electrons. The Labute approximate surface area is 585 Å². The van der Waals surface area contributed by atoms with Gasteiger partial charge in [0.1, 0.15) is 5.76 Å². The normalized spacial score (nSPS) is 14.0. The standard InChI is InChI=1S/C83H137BF2N2O8/c1-58(2)25-19-31-64(13)41-47-90-78-53-70(54-79(91-48-42-65(14)32-20-26-59(3)4)82(78)94-51-45-68(17)35-23-29-62(9)10)72-37-39-74(87-72)76(89)57-77(96-84(85)86)75-40-38-73(88-75)71-55-80(92-49-43-66(15)33-21-27-60(5)6)83(95-52-46-69(18)36-24-30-63(11)12)81(56-71)93-50-44-67(16)34-22-28-61(7)8/h37-40,53-69,87-88H,19-36,41-52H2,1-18H3/b77-57-/t64-,65-,66-,67-,68-,69-/m0/s1. The van der Waals surface area contributed by atoms with Crippen LogP contribution in [0.4, 0.5) is 8.63 Å². The number of hydrogen-bond acceptors (Lipinski definition) is 8. The Hall–Kier alpha value is -5.07. The van der Waals surface area contributed by atoms with Crippen molar-refractivity contribution < 1.29 is 46.5 Å². The fraction of sp³-hybridized carbons (Fsp3) is 0.723. The van der Waals surface area contributed by atoms with Crippen LogP contribution in [-0.4, -0.2) is 62.9 Å². The van der Waals surface area contributed by atoms with Gasteiger partial charge in [-0.15, -0.1) is 0 Å². The topological polar surface area (TPSA) is 113 Å². The van der Waals surface area contributed by atoms with Crippen molar-refractivity contribution in [3.05, 3.63) is 66.0 Å². The third kappa shape index (κ3) is 34.6. The van der Waals surface area contributed by atoms with Crippen LogP contribution >= 0.6 is 0 Å². The van der Waals surface area contributed by atoms with E-state index < -0.39 is 13.3 Å². The summed E-state index contributed by atoms with van der Waals surface area (Å²) < 4.78 is 74.9. The summed E-state index contributed by atoms with van der Waals surface area (Å²) in [5.74, 6) is 9.60. The second-order valence-electron chi connectivity index (χ2n) is 31.8. The monoisotopic (exact) mass is 1340 g/mol. The zero-order valence-electron chi connectivity index (χ0n) is 63.9. The number of ether oxygens (including phenoxy) is 6. The minimum atomic E-state index is -3.21. The number of halogens is 2. The molecule has 0 saturated heterocycles. The Morgan fingerprint density at radius 3 is 0.865 bits per heavy atom. The second kappa shape index (κ2) is 46.3. The lowest BCUT2D eigenvalue weighted by Gasteiger charge is -2.21. The summed E-state index contributed by atoms with van der Waals surface area (Å²) in [5, 5.41) is 0. The molecule has 13 heteroatoms. The zero-order valence-corrected chi connectivity index (χ0v) is 63.9. The van der Waals surface area contributed by atoms with Gasteiger partial charge in [0, 0.05) is 28.6 Å². The van der Waals surface area contributed by atoms with Crippen molar-refractivity contribution in [2.75, 3.05) is 39.6 Å². The molecule has 0 radical (unpaired) electrons. The highest BCUT2D eigenvalue weighted by molar-refractivity contribution is 6.36. The van der Waals surface area contributed by atoms with Crippen LogP contribution in [0.15, 0.2) is 54.6 Å². The molecule has 0 spiro atoms. The van der Waals surface area contributed by atoms with E-state index in [2.05, 4.69) is 135 Å². The summed E-state index contributed by atoms with van der Waals surface area (Å²) in [7, 11) is -3.21. The Kier molecular flexibility index (Phi) is 40.2. The van der Waals surface area contributed by atoms with Gasteiger partial charge in [-0.3, -0.25) is 4.79 Å². The maximum absolute atomic E-state index is 14.6. The fourth-order valence-electron chi connectivity index (χ4n) is 12.4. The smallest absolute Gasteiger partial charge is 0.503 e. The number of H-pyrrole nitrogens is 2. The van der Waals surface area contributed by atoms with E-state index in [-0.39, 0.29) is 17.1 Å². The lowest BCUT2D eigenvalue weighted by Crippen LogP contribution is -2.11.